The highest BCUT2D eigenvalue weighted by Gasteiger charge is 2.14. The fourth-order valence-corrected chi connectivity index (χ4v) is 6.28. The van der Waals surface area contributed by atoms with Crippen molar-refractivity contribution in [2.24, 2.45) is 0 Å². The van der Waals surface area contributed by atoms with Crippen LogP contribution in [0.25, 0.3) is 88.6 Å². The minimum atomic E-state index is 0.684. The van der Waals surface area contributed by atoms with Gasteiger partial charge in [0, 0.05) is 38.4 Å². The second-order valence-electron chi connectivity index (χ2n) is 11.5. The van der Waals surface area contributed by atoms with Gasteiger partial charge in [0.1, 0.15) is 0 Å². The smallest absolute Gasteiger partial charge is 0.160 e. The van der Waals surface area contributed by atoms with E-state index in [1.54, 1.807) is 0 Å². The molecule has 0 aliphatic heterocycles. The summed E-state index contributed by atoms with van der Waals surface area (Å²) >= 11 is 0. The van der Waals surface area contributed by atoms with Crippen molar-refractivity contribution < 1.29 is 0 Å². The van der Waals surface area contributed by atoms with Crippen LogP contribution in [-0.4, -0.2) is 19.9 Å². The summed E-state index contributed by atoms with van der Waals surface area (Å²) < 4.78 is 0. The molecule has 0 amide bonds. The Kier molecular flexibility index (Phi) is 6.10. The molecule has 0 aliphatic carbocycles. The van der Waals surface area contributed by atoms with Gasteiger partial charge in [0.05, 0.1) is 33.6 Å². The Bertz CT molecular complexity index is 2590. The van der Waals surface area contributed by atoms with Crippen LogP contribution in [0.1, 0.15) is 0 Å². The van der Waals surface area contributed by atoms with Gasteiger partial charge >= 0.3 is 0 Å². The number of rotatable bonds is 4. The lowest BCUT2D eigenvalue weighted by molar-refractivity contribution is 1.23. The maximum Gasteiger partial charge on any atom is 0.160 e. The van der Waals surface area contributed by atoms with Crippen LogP contribution in [-0.2, 0) is 0 Å². The molecule has 0 aliphatic rings. The van der Waals surface area contributed by atoms with Crippen molar-refractivity contribution in [3.63, 3.8) is 0 Å². The molecule has 0 unspecified atom stereocenters. The zero-order valence-corrected chi connectivity index (χ0v) is 24.8. The van der Waals surface area contributed by atoms with Crippen LogP contribution in [0, 0.1) is 0 Å². The Morgan fingerprint density at radius 3 is 1.74 bits per heavy atom. The van der Waals surface area contributed by atoms with Crippen LogP contribution in [0.4, 0.5) is 0 Å². The van der Waals surface area contributed by atoms with Gasteiger partial charge in [-0.25, -0.2) is 19.9 Å². The minimum Gasteiger partial charge on any atom is -0.245 e. The molecule has 4 heteroatoms. The highest BCUT2D eigenvalue weighted by atomic mass is 14.9. The summed E-state index contributed by atoms with van der Waals surface area (Å²) in [5.74, 6) is 0.684. The topological polar surface area (TPSA) is 51.6 Å². The van der Waals surface area contributed by atoms with Gasteiger partial charge in [-0.05, 0) is 41.1 Å². The highest BCUT2D eigenvalue weighted by molar-refractivity contribution is 6.04. The molecule has 0 saturated carbocycles. The zero-order valence-electron chi connectivity index (χ0n) is 24.8. The molecule has 46 heavy (non-hydrogen) atoms. The fourth-order valence-electron chi connectivity index (χ4n) is 6.28. The number of hydrogen-bond donors (Lipinski definition) is 0. The van der Waals surface area contributed by atoms with E-state index in [1.165, 1.54) is 10.8 Å². The largest absolute Gasteiger partial charge is 0.245 e. The van der Waals surface area contributed by atoms with E-state index in [0.29, 0.717) is 5.82 Å². The molecule has 4 nitrogen and oxygen atoms in total. The number of fused-ring (bicyclic) bond motifs is 5. The lowest BCUT2D eigenvalue weighted by atomic mass is 10.0. The molecular formula is C42H26N4. The second kappa shape index (κ2) is 10.7. The summed E-state index contributed by atoms with van der Waals surface area (Å²) in [7, 11) is 0. The summed E-state index contributed by atoms with van der Waals surface area (Å²) in [5, 5.41) is 5.55. The predicted molar refractivity (Wildman–Crippen MR) is 189 cm³/mol. The predicted octanol–water partition coefficient (Wildman–Crippen LogP) is 10.5. The molecule has 9 rings (SSSR count). The molecule has 0 spiro atoms. The average molecular weight is 587 g/mol. The Morgan fingerprint density at radius 2 is 0.935 bits per heavy atom. The van der Waals surface area contributed by atoms with Crippen LogP contribution in [0.3, 0.4) is 0 Å². The van der Waals surface area contributed by atoms with Crippen LogP contribution in [0.15, 0.2) is 158 Å². The number of aromatic nitrogens is 4. The van der Waals surface area contributed by atoms with Crippen molar-refractivity contribution in [2.75, 3.05) is 0 Å². The third-order valence-corrected chi connectivity index (χ3v) is 8.63. The van der Waals surface area contributed by atoms with E-state index < -0.39 is 0 Å². The average Bonchev–Trinajstić information content (AvgIpc) is 3.14. The van der Waals surface area contributed by atoms with E-state index in [4.69, 9.17) is 19.9 Å². The van der Waals surface area contributed by atoms with E-state index in [0.717, 1.165) is 72.0 Å². The number of pyridine rings is 2. The fraction of sp³-hybridized carbons (Fsp3) is 0. The molecule has 0 bridgehead atoms. The van der Waals surface area contributed by atoms with E-state index >= 15 is 0 Å². The Balaban J connectivity index is 1.17. The van der Waals surface area contributed by atoms with Crippen LogP contribution < -0.4 is 0 Å². The first kappa shape index (κ1) is 26.2. The number of nitrogens with zero attached hydrogens (tertiary/aromatic N) is 4. The summed E-state index contributed by atoms with van der Waals surface area (Å²) in [6, 6.07) is 54.5. The Hall–Kier alpha value is -6.26. The van der Waals surface area contributed by atoms with Crippen molar-refractivity contribution >= 4 is 43.5 Å². The van der Waals surface area contributed by atoms with Gasteiger partial charge in [-0.2, -0.15) is 0 Å². The quantitative estimate of drug-likeness (QED) is 0.193. The maximum atomic E-state index is 5.18. The first-order valence-electron chi connectivity index (χ1n) is 15.4. The van der Waals surface area contributed by atoms with Crippen molar-refractivity contribution in [2.45, 2.75) is 0 Å². The molecule has 0 fully saturated rings. The number of benzene rings is 6. The van der Waals surface area contributed by atoms with E-state index in [2.05, 4.69) is 127 Å². The van der Waals surface area contributed by atoms with Gasteiger partial charge in [0.25, 0.3) is 0 Å². The van der Waals surface area contributed by atoms with Gasteiger partial charge in [0.15, 0.2) is 5.82 Å². The number of hydrogen-bond acceptors (Lipinski definition) is 4. The van der Waals surface area contributed by atoms with Crippen LogP contribution in [0.2, 0.25) is 0 Å². The lowest BCUT2D eigenvalue weighted by Crippen LogP contribution is -1.96. The molecule has 3 aromatic heterocycles. The Morgan fingerprint density at radius 1 is 0.326 bits per heavy atom. The summed E-state index contributed by atoms with van der Waals surface area (Å²) in [6.45, 7) is 0. The third-order valence-electron chi connectivity index (χ3n) is 8.63. The second-order valence-corrected chi connectivity index (χ2v) is 11.5. The molecule has 214 valence electrons. The normalized spacial score (nSPS) is 11.5. The van der Waals surface area contributed by atoms with Gasteiger partial charge in [-0.1, -0.05) is 127 Å². The number of para-hydroxylation sites is 1. The Labute approximate surface area is 265 Å². The van der Waals surface area contributed by atoms with Gasteiger partial charge in [-0.15, -0.1) is 0 Å². The molecule has 3 heterocycles. The standard InChI is InChI=1S/C42H26N4/c1-2-10-28(11-3-1)36-23-21-29-18-19-30-22-24-37(44-41(30)40(29)43-36)32-13-8-14-34(26-32)42-45-38-16-7-6-15-35(38)39(46-42)33-20-17-27-9-4-5-12-31(27)25-33/h1-26H. The maximum absolute atomic E-state index is 5.18. The third kappa shape index (κ3) is 4.56. The molecule has 0 saturated heterocycles. The molecule has 0 atom stereocenters. The van der Waals surface area contributed by atoms with Crippen LogP contribution in [0.5, 0.6) is 0 Å². The van der Waals surface area contributed by atoms with Crippen LogP contribution >= 0.6 is 0 Å². The molecule has 9 aromatic rings. The first-order valence-corrected chi connectivity index (χ1v) is 15.4. The molecule has 6 aromatic carbocycles. The van der Waals surface area contributed by atoms with Crippen molar-refractivity contribution in [3.05, 3.63) is 158 Å². The van der Waals surface area contributed by atoms with Crippen molar-refractivity contribution in [1.82, 2.24) is 19.9 Å². The zero-order chi connectivity index (χ0) is 30.5. The molecule has 0 radical (unpaired) electrons. The van der Waals surface area contributed by atoms with E-state index in [1.807, 2.05) is 30.3 Å². The molecule has 0 N–H and O–H groups in total. The molecular weight excluding hydrogens is 560 g/mol. The van der Waals surface area contributed by atoms with Gasteiger partial charge in [0.2, 0.25) is 0 Å². The first-order chi connectivity index (χ1) is 22.8. The van der Waals surface area contributed by atoms with Crippen molar-refractivity contribution in [1.29, 1.82) is 0 Å². The van der Waals surface area contributed by atoms with Gasteiger partial charge in [-0.3, -0.25) is 0 Å². The summed E-state index contributed by atoms with van der Waals surface area (Å²) in [5.41, 5.74) is 9.53. The SMILES string of the molecule is c1ccc(-c2ccc3ccc4ccc(-c5cccc(-c6nc(-c7ccc8ccccc8c7)c7ccccc7n6)c5)nc4c3n2)cc1. The summed E-state index contributed by atoms with van der Waals surface area (Å²) in [4.78, 5) is 20.4. The minimum absolute atomic E-state index is 0.684. The van der Waals surface area contributed by atoms with Gasteiger partial charge < -0.3 is 0 Å². The lowest BCUT2D eigenvalue weighted by Gasteiger charge is -2.11. The van der Waals surface area contributed by atoms with E-state index in [-0.39, 0.29) is 0 Å². The van der Waals surface area contributed by atoms with E-state index in [9.17, 15) is 0 Å². The highest BCUT2D eigenvalue weighted by Crippen LogP contribution is 2.33. The monoisotopic (exact) mass is 586 g/mol. The van der Waals surface area contributed by atoms with Crippen molar-refractivity contribution in [3.8, 4) is 45.2 Å². The summed E-state index contributed by atoms with van der Waals surface area (Å²) in [6.07, 6.45) is 0.